The van der Waals surface area contributed by atoms with Gasteiger partial charge >= 0.3 is 6.36 Å². The molecule has 12 heteroatoms. The minimum Gasteiger partial charge on any atom is -0.406 e. The van der Waals surface area contributed by atoms with Gasteiger partial charge in [-0.25, -0.2) is 9.67 Å². The molecule has 1 aromatic heterocycles. The second-order valence-corrected chi connectivity index (χ2v) is 8.30. The van der Waals surface area contributed by atoms with Gasteiger partial charge in [-0.3, -0.25) is 0 Å². The summed E-state index contributed by atoms with van der Waals surface area (Å²) in [6.45, 7) is -0.198. The summed E-state index contributed by atoms with van der Waals surface area (Å²) in [6, 6.07) is 19.2. The number of benzene rings is 3. The standard InChI is InChI=1S/C24H19ClF3N5O2S/c25-20-4-2-1-3-19(20)21(13-34)31-23(36)30-16-7-5-15(6-8-16)22-29-14-33(32-22)17-9-11-18(12-10-17)35-24(26,27)28/h1-12,14,21,34H,13H2,(H2,30,31,36). The molecule has 0 aliphatic carbocycles. The lowest BCUT2D eigenvalue weighted by atomic mass is 10.1. The predicted molar refractivity (Wildman–Crippen MR) is 134 cm³/mol. The molecule has 3 N–H and O–H groups in total. The molecule has 186 valence electrons. The number of hydrogen-bond acceptors (Lipinski definition) is 5. The van der Waals surface area contributed by atoms with Crippen LogP contribution in [0.25, 0.3) is 17.1 Å². The molecule has 0 aliphatic heterocycles. The molecule has 0 spiro atoms. The van der Waals surface area contributed by atoms with Crippen molar-refractivity contribution >= 4 is 34.6 Å². The zero-order valence-corrected chi connectivity index (χ0v) is 20.0. The molecule has 0 fully saturated rings. The van der Waals surface area contributed by atoms with Crippen molar-refractivity contribution in [3.8, 4) is 22.8 Å². The zero-order chi connectivity index (χ0) is 25.7. The number of hydrogen-bond donors (Lipinski definition) is 3. The third-order valence-electron chi connectivity index (χ3n) is 5.00. The number of anilines is 1. The fourth-order valence-corrected chi connectivity index (χ4v) is 3.86. The molecule has 1 atom stereocenters. The van der Waals surface area contributed by atoms with Gasteiger partial charge in [0.1, 0.15) is 12.1 Å². The number of thiocarbonyl (C=S) groups is 1. The van der Waals surface area contributed by atoms with Crippen LogP contribution in [-0.4, -0.2) is 38.0 Å². The van der Waals surface area contributed by atoms with Crippen LogP contribution >= 0.6 is 23.8 Å². The van der Waals surface area contributed by atoms with Crippen LogP contribution in [0.15, 0.2) is 79.1 Å². The SMILES string of the molecule is OCC(NC(=S)Nc1ccc(-c2ncn(-c3ccc(OC(F)(F)F)cc3)n2)cc1)c1ccccc1Cl. The Hall–Kier alpha value is -3.67. The highest BCUT2D eigenvalue weighted by molar-refractivity contribution is 7.80. The Balaban J connectivity index is 1.39. The van der Waals surface area contributed by atoms with Gasteiger partial charge in [0.2, 0.25) is 0 Å². The number of nitrogens with one attached hydrogen (secondary N) is 2. The number of nitrogens with zero attached hydrogens (tertiary/aromatic N) is 3. The smallest absolute Gasteiger partial charge is 0.406 e. The molecule has 0 saturated heterocycles. The van der Waals surface area contributed by atoms with E-state index in [1.165, 1.54) is 35.3 Å². The number of alkyl halides is 3. The lowest BCUT2D eigenvalue weighted by Gasteiger charge is -2.20. The number of aliphatic hydroxyl groups excluding tert-OH is 1. The molecule has 1 unspecified atom stereocenters. The third kappa shape index (κ3) is 6.51. The molecule has 0 saturated carbocycles. The molecule has 0 radical (unpaired) electrons. The molecular weight excluding hydrogens is 515 g/mol. The highest BCUT2D eigenvalue weighted by atomic mass is 35.5. The summed E-state index contributed by atoms with van der Waals surface area (Å²) in [5, 5.41) is 21.1. The van der Waals surface area contributed by atoms with E-state index in [1.807, 2.05) is 12.1 Å². The summed E-state index contributed by atoms with van der Waals surface area (Å²) in [4.78, 5) is 4.27. The first-order chi connectivity index (χ1) is 17.2. The van der Waals surface area contributed by atoms with Crippen LogP contribution in [-0.2, 0) is 0 Å². The molecule has 36 heavy (non-hydrogen) atoms. The van der Waals surface area contributed by atoms with Crippen LogP contribution in [0.4, 0.5) is 18.9 Å². The largest absolute Gasteiger partial charge is 0.573 e. The lowest BCUT2D eigenvalue weighted by molar-refractivity contribution is -0.274. The maximum absolute atomic E-state index is 12.3. The Labute approximate surface area is 214 Å². The average molecular weight is 534 g/mol. The van der Waals surface area contributed by atoms with Crippen molar-refractivity contribution in [1.82, 2.24) is 20.1 Å². The van der Waals surface area contributed by atoms with E-state index >= 15 is 0 Å². The zero-order valence-electron chi connectivity index (χ0n) is 18.4. The van der Waals surface area contributed by atoms with Crippen molar-refractivity contribution in [2.75, 3.05) is 11.9 Å². The van der Waals surface area contributed by atoms with E-state index in [1.54, 1.807) is 36.4 Å². The van der Waals surface area contributed by atoms with E-state index < -0.39 is 12.4 Å². The number of ether oxygens (including phenoxy) is 1. The summed E-state index contributed by atoms with van der Waals surface area (Å²) < 4.78 is 42.3. The average Bonchev–Trinajstić information content (AvgIpc) is 3.33. The molecule has 0 aliphatic rings. The van der Waals surface area contributed by atoms with Gasteiger partial charge < -0.3 is 20.5 Å². The van der Waals surface area contributed by atoms with E-state index in [9.17, 15) is 18.3 Å². The Kier molecular flexibility index (Phi) is 7.73. The molecule has 0 amide bonds. The van der Waals surface area contributed by atoms with Crippen molar-refractivity contribution in [3.05, 3.63) is 89.7 Å². The van der Waals surface area contributed by atoms with Crippen molar-refractivity contribution < 1.29 is 23.0 Å². The second kappa shape index (κ2) is 10.9. The molecule has 1 heterocycles. The van der Waals surface area contributed by atoms with Crippen LogP contribution < -0.4 is 15.4 Å². The first kappa shape index (κ1) is 25.4. The Morgan fingerprint density at radius 1 is 1.06 bits per heavy atom. The highest BCUT2D eigenvalue weighted by Gasteiger charge is 2.31. The normalized spacial score (nSPS) is 12.1. The number of aliphatic hydroxyl groups is 1. The van der Waals surface area contributed by atoms with Crippen LogP contribution in [0.1, 0.15) is 11.6 Å². The fourth-order valence-electron chi connectivity index (χ4n) is 3.33. The second-order valence-electron chi connectivity index (χ2n) is 7.49. The third-order valence-corrected chi connectivity index (χ3v) is 5.56. The van der Waals surface area contributed by atoms with Crippen LogP contribution in [0.2, 0.25) is 5.02 Å². The van der Waals surface area contributed by atoms with Crippen LogP contribution in [0.3, 0.4) is 0 Å². The van der Waals surface area contributed by atoms with Gasteiger partial charge in [-0.1, -0.05) is 29.8 Å². The van der Waals surface area contributed by atoms with E-state index in [-0.39, 0.29) is 12.4 Å². The summed E-state index contributed by atoms with van der Waals surface area (Å²) in [7, 11) is 0. The van der Waals surface area contributed by atoms with Gasteiger partial charge in [0, 0.05) is 16.3 Å². The summed E-state index contributed by atoms with van der Waals surface area (Å²) >= 11 is 11.6. The van der Waals surface area contributed by atoms with E-state index in [4.69, 9.17) is 23.8 Å². The van der Waals surface area contributed by atoms with Crippen molar-refractivity contribution in [2.24, 2.45) is 0 Å². The van der Waals surface area contributed by atoms with Gasteiger partial charge in [0.15, 0.2) is 10.9 Å². The number of halogens is 4. The van der Waals surface area contributed by atoms with Crippen molar-refractivity contribution in [2.45, 2.75) is 12.4 Å². The monoisotopic (exact) mass is 533 g/mol. The maximum Gasteiger partial charge on any atom is 0.573 e. The molecular formula is C24H19ClF3N5O2S. The predicted octanol–water partition coefficient (Wildman–Crippen LogP) is 5.51. The van der Waals surface area contributed by atoms with E-state index in [0.717, 1.165) is 11.1 Å². The molecule has 7 nitrogen and oxygen atoms in total. The molecule has 3 aromatic carbocycles. The van der Waals surface area contributed by atoms with E-state index in [0.29, 0.717) is 27.3 Å². The summed E-state index contributed by atoms with van der Waals surface area (Å²) in [6.07, 6.45) is -3.29. The van der Waals surface area contributed by atoms with Crippen LogP contribution in [0.5, 0.6) is 5.75 Å². The highest BCUT2D eigenvalue weighted by Crippen LogP contribution is 2.25. The van der Waals surface area contributed by atoms with Gasteiger partial charge in [-0.05, 0) is 72.4 Å². The minimum absolute atomic E-state index is 0.198. The molecule has 4 aromatic rings. The number of rotatable bonds is 7. The first-order valence-corrected chi connectivity index (χ1v) is 11.3. The lowest BCUT2D eigenvalue weighted by Crippen LogP contribution is -2.34. The first-order valence-electron chi connectivity index (χ1n) is 10.5. The molecule has 0 bridgehead atoms. The van der Waals surface area contributed by atoms with Gasteiger partial charge in [0.25, 0.3) is 0 Å². The van der Waals surface area contributed by atoms with Gasteiger partial charge in [-0.2, -0.15) is 0 Å². The van der Waals surface area contributed by atoms with Crippen molar-refractivity contribution in [3.63, 3.8) is 0 Å². The summed E-state index contributed by atoms with van der Waals surface area (Å²) in [5.41, 5.74) is 2.67. The maximum atomic E-state index is 12.3. The number of aromatic nitrogens is 3. The van der Waals surface area contributed by atoms with Gasteiger partial charge in [-0.15, -0.1) is 18.3 Å². The quantitative estimate of drug-likeness (QED) is 0.270. The van der Waals surface area contributed by atoms with E-state index in [2.05, 4.69) is 25.5 Å². The fraction of sp³-hybridized carbons (Fsp3) is 0.125. The Morgan fingerprint density at radius 2 is 1.75 bits per heavy atom. The van der Waals surface area contributed by atoms with Gasteiger partial charge in [0.05, 0.1) is 18.3 Å². The Morgan fingerprint density at radius 3 is 2.39 bits per heavy atom. The summed E-state index contributed by atoms with van der Waals surface area (Å²) in [5.74, 6) is 0.108. The van der Waals surface area contributed by atoms with Crippen molar-refractivity contribution in [1.29, 1.82) is 0 Å². The van der Waals surface area contributed by atoms with Crippen LogP contribution in [0, 0.1) is 0 Å². The topological polar surface area (TPSA) is 84.2 Å². The Bertz CT molecular complexity index is 1330. The molecule has 4 rings (SSSR count). The minimum atomic E-state index is -4.75.